The number of H-pyrrole nitrogens is 1. The number of ether oxygens (including phenoxy) is 1. The van der Waals surface area contributed by atoms with Gasteiger partial charge >= 0.3 is 5.97 Å². The summed E-state index contributed by atoms with van der Waals surface area (Å²) >= 11 is 0. The molecular weight excluding hydrogens is 330 g/mol. The van der Waals surface area contributed by atoms with E-state index in [4.69, 9.17) is 4.74 Å². The number of benzene rings is 2. The summed E-state index contributed by atoms with van der Waals surface area (Å²) in [5.74, 6) is 0.796. The van der Waals surface area contributed by atoms with Crippen LogP contribution in [0.4, 0.5) is 0 Å². The van der Waals surface area contributed by atoms with Gasteiger partial charge in [-0.15, -0.1) is 0 Å². The second kappa shape index (κ2) is 6.33. The second-order valence-electron chi connectivity index (χ2n) is 5.89. The van der Waals surface area contributed by atoms with Crippen LogP contribution in [0.3, 0.4) is 0 Å². The summed E-state index contributed by atoms with van der Waals surface area (Å²) in [5.41, 5.74) is 3.04. The summed E-state index contributed by atoms with van der Waals surface area (Å²) < 4.78 is 5.68. The zero-order valence-electron chi connectivity index (χ0n) is 13.9. The van der Waals surface area contributed by atoms with Crippen LogP contribution in [-0.4, -0.2) is 26.0 Å². The molecule has 0 aliphatic rings. The third kappa shape index (κ3) is 3.00. The maximum Gasteiger partial charge on any atom is 0.337 e. The lowest BCUT2D eigenvalue weighted by Gasteiger charge is -2.04. The first kappa shape index (κ1) is 15.8. The Morgan fingerprint density at radius 3 is 2.62 bits per heavy atom. The number of pyridine rings is 1. The van der Waals surface area contributed by atoms with Crippen LogP contribution < -0.4 is 4.74 Å². The molecule has 0 radical (unpaired) electrons. The maximum atomic E-state index is 11.5. The van der Waals surface area contributed by atoms with Crippen LogP contribution in [0.25, 0.3) is 22.4 Å². The van der Waals surface area contributed by atoms with E-state index < -0.39 is 5.97 Å². The van der Waals surface area contributed by atoms with Gasteiger partial charge in [-0.25, -0.2) is 14.8 Å². The minimum atomic E-state index is -0.990. The predicted molar refractivity (Wildman–Crippen MR) is 97.5 cm³/mol. The first-order valence-corrected chi connectivity index (χ1v) is 8.03. The van der Waals surface area contributed by atoms with Gasteiger partial charge in [0.1, 0.15) is 17.1 Å². The van der Waals surface area contributed by atoms with E-state index in [1.54, 1.807) is 18.3 Å². The number of aromatic amines is 1. The summed E-state index contributed by atoms with van der Waals surface area (Å²) in [6.07, 6.45) is 1.67. The summed E-state index contributed by atoms with van der Waals surface area (Å²) in [5, 5.41) is 9.39. The molecule has 2 aromatic carbocycles. The van der Waals surface area contributed by atoms with E-state index in [1.165, 1.54) is 0 Å². The van der Waals surface area contributed by atoms with Crippen LogP contribution >= 0.6 is 0 Å². The third-order valence-corrected chi connectivity index (χ3v) is 3.95. The fourth-order valence-corrected chi connectivity index (χ4v) is 2.77. The van der Waals surface area contributed by atoms with E-state index in [2.05, 4.69) is 15.0 Å². The quantitative estimate of drug-likeness (QED) is 0.571. The second-order valence-corrected chi connectivity index (χ2v) is 5.89. The standard InChI is InChI=1S/C20H15N3O3/c1-12-10-15(20(24)25)18-16(11-12)22-19(23-18)13-5-7-14(8-6-13)26-17-4-2-3-9-21-17/h2-11H,1H3,(H,22,23)(H,24,25). The number of fused-ring (bicyclic) bond motifs is 1. The number of rotatable bonds is 4. The Balaban J connectivity index is 1.67. The number of hydrogen-bond donors (Lipinski definition) is 2. The van der Waals surface area contributed by atoms with Crippen molar-refractivity contribution in [1.82, 2.24) is 15.0 Å². The van der Waals surface area contributed by atoms with Gasteiger partial charge in [-0.1, -0.05) is 6.07 Å². The summed E-state index contributed by atoms with van der Waals surface area (Å²) in [6, 6.07) is 16.3. The molecule has 0 aliphatic heterocycles. The van der Waals surface area contributed by atoms with Crippen LogP contribution in [0.5, 0.6) is 11.6 Å². The molecule has 0 spiro atoms. The van der Waals surface area contributed by atoms with Crippen LogP contribution in [-0.2, 0) is 0 Å². The van der Waals surface area contributed by atoms with E-state index >= 15 is 0 Å². The molecule has 0 bridgehead atoms. The van der Waals surface area contributed by atoms with Crippen LogP contribution in [0.1, 0.15) is 15.9 Å². The molecule has 26 heavy (non-hydrogen) atoms. The molecular formula is C20H15N3O3. The first-order valence-electron chi connectivity index (χ1n) is 8.03. The molecule has 2 heterocycles. The highest BCUT2D eigenvalue weighted by Crippen LogP contribution is 2.27. The lowest BCUT2D eigenvalue weighted by atomic mass is 10.1. The Hall–Kier alpha value is -3.67. The van der Waals surface area contributed by atoms with E-state index in [1.807, 2.05) is 49.4 Å². The van der Waals surface area contributed by atoms with Gasteiger partial charge in [-0.3, -0.25) is 0 Å². The number of carboxylic acids is 1. The molecule has 2 aromatic heterocycles. The Morgan fingerprint density at radius 2 is 1.92 bits per heavy atom. The Labute approximate surface area is 149 Å². The van der Waals surface area contributed by atoms with E-state index in [-0.39, 0.29) is 5.56 Å². The Bertz CT molecular complexity index is 1090. The van der Waals surface area contributed by atoms with Crippen molar-refractivity contribution in [2.24, 2.45) is 0 Å². The number of imidazole rings is 1. The molecule has 0 fully saturated rings. The topological polar surface area (TPSA) is 88.1 Å². The molecule has 0 amide bonds. The van der Waals surface area contributed by atoms with Gasteiger partial charge in [0.2, 0.25) is 5.88 Å². The molecule has 4 rings (SSSR count). The molecule has 128 valence electrons. The lowest BCUT2D eigenvalue weighted by molar-refractivity contribution is 0.0698. The zero-order chi connectivity index (χ0) is 18.1. The number of aryl methyl sites for hydroxylation is 1. The van der Waals surface area contributed by atoms with Crippen molar-refractivity contribution in [3.63, 3.8) is 0 Å². The third-order valence-electron chi connectivity index (χ3n) is 3.95. The molecule has 6 heteroatoms. The number of aromatic carboxylic acids is 1. The van der Waals surface area contributed by atoms with Crippen molar-refractivity contribution in [2.45, 2.75) is 6.92 Å². The average molecular weight is 345 g/mol. The number of nitrogens with one attached hydrogen (secondary N) is 1. The maximum absolute atomic E-state index is 11.5. The monoisotopic (exact) mass is 345 g/mol. The van der Waals surface area contributed by atoms with Crippen molar-refractivity contribution < 1.29 is 14.6 Å². The Kier molecular flexibility index (Phi) is 3.85. The molecule has 0 aliphatic carbocycles. The van der Waals surface area contributed by atoms with Crippen molar-refractivity contribution in [3.8, 4) is 23.0 Å². The van der Waals surface area contributed by atoms with Crippen molar-refractivity contribution in [2.75, 3.05) is 0 Å². The van der Waals surface area contributed by atoms with Crippen LogP contribution in [0.2, 0.25) is 0 Å². The van der Waals surface area contributed by atoms with Crippen molar-refractivity contribution >= 4 is 17.0 Å². The SMILES string of the molecule is Cc1cc(C(=O)O)c2nc(-c3ccc(Oc4ccccn4)cc3)[nH]c2c1. The highest BCUT2D eigenvalue weighted by Gasteiger charge is 2.14. The number of carboxylic acid groups (broad SMARTS) is 1. The van der Waals surface area contributed by atoms with Crippen molar-refractivity contribution in [3.05, 3.63) is 71.9 Å². The van der Waals surface area contributed by atoms with E-state index in [0.717, 1.165) is 11.1 Å². The highest BCUT2D eigenvalue weighted by molar-refractivity contribution is 6.02. The Morgan fingerprint density at radius 1 is 1.12 bits per heavy atom. The number of hydrogen-bond acceptors (Lipinski definition) is 4. The fraction of sp³-hybridized carbons (Fsp3) is 0.0500. The van der Waals surface area contributed by atoms with E-state index in [9.17, 15) is 9.90 Å². The van der Waals surface area contributed by atoms with Gasteiger partial charge in [0.05, 0.1) is 11.1 Å². The van der Waals surface area contributed by atoms with Gasteiger partial charge in [-0.05, 0) is 55.0 Å². The summed E-state index contributed by atoms with van der Waals surface area (Å²) in [7, 11) is 0. The average Bonchev–Trinajstić information content (AvgIpc) is 3.06. The minimum Gasteiger partial charge on any atom is -0.478 e. The van der Waals surface area contributed by atoms with Gasteiger partial charge in [0.15, 0.2) is 0 Å². The summed E-state index contributed by atoms with van der Waals surface area (Å²) in [6.45, 7) is 1.86. The molecule has 0 saturated heterocycles. The lowest BCUT2D eigenvalue weighted by Crippen LogP contribution is -1.98. The van der Waals surface area contributed by atoms with Crippen LogP contribution in [0.15, 0.2) is 60.8 Å². The molecule has 2 N–H and O–H groups in total. The number of aromatic nitrogens is 3. The predicted octanol–water partition coefficient (Wildman–Crippen LogP) is 4.42. The molecule has 0 atom stereocenters. The van der Waals surface area contributed by atoms with E-state index in [0.29, 0.717) is 28.5 Å². The fourth-order valence-electron chi connectivity index (χ4n) is 2.77. The number of carbonyl (C=O) groups is 1. The zero-order valence-corrected chi connectivity index (χ0v) is 13.9. The van der Waals surface area contributed by atoms with Gasteiger partial charge < -0.3 is 14.8 Å². The van der Waals surface area contributed by atoms with Crippen molar-refractivity contribution in [1.29, 1.82) is 0 Å². The molecule has 4 aromatic rings. The first-order chi connectivity index (χ1) is 12.6. The van der Waals surface area contributed by atoms with Gasteiger partial charge in [0, 0.05) is 17.8 Å². The minimum absolute atomic E-state index is 0.192. The molecule has 0 unspecified atom stereocenters. The normalized spacial score (nSPS) is 10.8. The number of nitrogens with zero attached hydrogens (tertiary/aromatic N) is 2. The molecule has 6 nitrogen and oxygen atoms in total. The van der Waals surface area contributed by atoms with Gasteiger partial charge in [0.25, 0.3) is 0 Å². The smallest absolute Gasteiger partial charge is 0.337 e. The van der Waals surface area contributed by atoms with Gasteiger partial charge in [-0.2, -0.15) is 0 Å². The summed E-state index contributed by atoms with van der Waals surface area (Å²) in [4.78, 5) is 23.2. The molecule has 0 saturated carbocycles. The largest absolute Gasteiger partial charge is 0.478 e. The van der Waals surface area contributed by atoms with Crippen LogP contribution in [0, 0.1) is 6.92 Å². The highest BCUT2D eigenvalue weighted by atomic mass is 16.5.